The molecule has 1 N–H and O–H groups in total. The minimum absolute atomic E-state index is 0. The van der Waals surface area contributed by atoms with Crippen molar-refractivity contribution < 1.29 is 61.7 Å². The van der Waals surface area contributed by atoms with Gasteiger partial charge in [-0.15, -0.1) is 0 Å². The Morgan fingerprint density at radius 1 is 1.29 bits per heavy atom. The average molecular weight is 370 g/mol. The van der Waals surface area contributed by atoms with Crippen LogP contribution in [0.2, 0.25) is 0 Å². The van der Waals surface area contributed by atoms with E-state index in [1.165, 1.54) is 20.1 Å². The van der Waals surface area contributed by atoms with Gasteiger partial charge in [-0.2, -0.15) is 6.92 Å². The topological polar surface area (TPSA) is 112 Å². The molecule has 8 heteroatoms. The quantitative estimate of drug-likeness (QED) is 0.386. The van der Waals surface area contributed by atoms with Crippen molar-refractivity contribution in [2.45, 2.75) is 32.5 Å². The van der Waals surface area contributed by atoms with Gasteiger partial charge in [0.05, 0.1) is 17.9 Å². The minimum atomic E-state index is -0.852. The molecule has 2 aliphatic carbocycles. The molecule has 0 spiro atoms. The second-order valence-electron chi connectivity index (χ2n) is 5.17. The van der Waals surface area contributed by atoms with Crippen molar-refractivity contribution in [3.05, 3.63) is 5.32 Å². The van der Waals surface area contributed by atoms with Gasteiger partial charge < -0.3 is 29.5 Å². The van der Waals surface area contributed by atoms with E-state index in [4.69, 9.17) is 9.53 Å². The number of hydrogen-bond acceptors (Lipinski definition) is 6. The Balaban J connectivity index is 0.000000510. The third-order valence-corrected chi connectivity index (χ3v) is 4.14. The van der Waals surface area contributed by atoms with E-state index in [1.807, 2.05) is 0 Å². The van der Waals surface area contributed by atoms with Crippen LogP contribution in [0.25, 0.3) is 5.32 Å². The smallest absolute Gasteiger partial charge is 0.303 e. The molecule has 0 aromatic heterocycles. The second-order valence-corrected chi connectivity index (χ2v) is 5.17. The summed E-state index contributed by atoms with van der Waals surface area (Å²) in [4.78, 5) is 42.7. The number of esters is 1. The van der Waals surface area contributed by atoms with E-state index >= 15 is 0 Å². The minimum Gasteiger partial charge on any atom is -0.595 e. The Bertz CT molecular complexity index is 468. The molecular weight excluding hydrogens is 355 g/mol. The van der Waals surface area contributed by atoms with Gasteiger partial charge in [-0.25, -0.2) is 0 Å². The summed E-state index contributed by atoms with van der Waals surface area (Å²) in [6.07, 6.45) is 0.542. The summed E-state index contributed by atoms with van der Waals surface area (Å²) >= 11 is 0. The van der Waals surface area contributed by atoms with Crippen molar-refractivity contribution >= 4 is 24.1 Å². The van der Waals surface area contributed by atoms with Crippen LogP contribution in [-0.2, 0) is 56.6 Å². The number of carbonyl (C=O) groups excluding carboxylic acids is 4. The number of nitrogens with zero attached hydrogens (tertiary/aromatic N) is 1. The van der Waals surface area contributed by atoms with Gasteiger partial charge in [-0.3, -0.25) is 11.1 Å². The molecule has 21 heavy (non-hydrogen) atoms. The monoisotopic (exact) mass is 370 g/mol. The number of hydrogen-bond donors (Lipinski definition) is 1. The Labute approximate surface area is 147 Å². The summed E-state index contributed by atoms with van der Waals surface area (Å²) in [5.41, 5.74) is 0. The SMILES string of the molecule is CC(=O)OC1C(O)C2CC1C1C(=O)[N-]C(=O)C21.C[C-]=O.[Y]. The third-order valence-electron chi connectivity index (χ3n) is 4.14. The van der Waals surface area contributed by atoms with Crippen LogP contribution >= 0.6 is 0 Å². The van der Waals surface area contributed by atoms with Gasteiger partial charge in [-0.05, 0) is 12.3 Å². The first-order valence-electron chi connectivity index (χ1n) is 6.36. The molecule has 2 amide bonds. The van der Waals surface area contributed by atoms with Crippen LogP contribution in [0.4, 0.5) is 0 Å². The molecule has 3 fully saturated rings. The maximum absolute atomic E-state index is 11.6. The van der Waals surface area contributed by atoms with Crippen LogP contribution in [0.3, 0.4) is 0 Å². The summed E-state index contributed by atoms with van der Waals surface area (Å²) in [6.45, 7) is 2.59. The molecule has 6 atom stereocenters. The van der Waals surface area contributed by atoms with E-state index < -0.39 is 41.8 Å². The number of amides is 2. The number of aliphatic hydroxyl groups is 1. The molecular formula is C13H15NO6Y-2. The van der Waals surface area contributed by atoms with Gasteiger partial charge in [0, 0.05) is 57.4 Å². The van der Waals surface area contributed by atoms with Crippen LogP contribution < -0.4 is 0 Å². The summed E-state index contributed by atoms with van der Waals surface area (Å²) < 4.78 is 5.06. The van der Waals surface area contributed by atoms with Crippen molar-refractivity contribution in [1.29, 1.82) is 0 Å². The predicted molar refractivity (Wildman–Crippen MR) is 64.9 cm³/mol. The van der Waals surface area contributed by atoms with Gasteiger partial charge in [0.25, 0.3) is 0 Å². The van der Waals surface area contributed by atoms with Crippen molar-refractivity contribution in [3.8, 4) is 0 Å². The third kappa shape index (κ3) is 3.10. The number of imide groups is 1. The zero-order valence-corrected chi connectivity index (χ0v) is 14.5. The largest absolute Gasteiger partial charge is 0.595 e. The van der Waals surface area contributed by atoms with Gasteiger partial charge in [0.2, 0.25) is 0 Å². The fourth-order valence-corrected chi connectivity index (χ4v) is 3.61. The van der Waals surface area contributed by atoms with E-state index in [-0.39, 0.29) is 44.5 Å². The number of rotatable bonds is 1. The Morgan fingerprint density at radius 2 is 1.76 bits per heavy atom. The number of ether oxygens (including phenoxy) is 1. The molecule has 2 bridgehead atoms. The molecule has 0 aromatic rings. The first kappa shape index (κ1) is 18.4. The summed E-state index contributed by atoms with van der Waals surface area (Å²) in [6, 6.07) is 0. The van der Waals surface area contributed by atoms with Crippen LogP contribution in [0.15, 0.2) is 0 Å². The van der Waals surface area contributed by atoms with E-state index in [2.05, 4.69) is 5.32 Å². The molecule has 1 heterocycles. The summed E-state index contributed by atoms with van der Waals surface area (Å²) in [5, 5.41) is 13.4. The van der Waals surface area contributed by atoms with Gasteiger partial charge in [0.1, 0.15) is 6.10 Å². The Hall–Kier alpha value is -0.656. The second kappa shape index (κ2) is 7.07. The normalized spacial score (nSPS) is 38.6. The fraction of sp³-hybridized carbons (Fsp3) is 0.692. The zero-order chi connectivity index (χ0) is 15.0. The first-order valence-corrected chi connectivity index (χ1v) is 6.36. The van der Waals surface area contributed by atoms with Crippen LogP contribution in [0.5, 0.6) is 0 Å². The number of carbonyl (C=O) groups is 3. The standard InChI is InChI=1S/C11H13NO5.C2H3O.Y/c1-3(13)17-9-5-2-4(8(9)14)6-7(5)11(16)12-10(6)15;1-2-3;/h4-9,14H,2H2,1H3,(H,12,15,16);1H3;/q;-1;/p-1. The Kier molecular flexibility index (Phi) is 6.19. The van der Waals surface area contributed by atoms with Crippen LogP contribution in [0, 0.1) is 23.7 Å². The average Bonchev–Trinajstić information content (AvgIpc) is 2.95. The number of aliphatic hydroxyl groups excluding tert-OH is 1. The van der Waals surface area contributed by atoms with Crippen molar-refractivity contribution in [2.75, 3.05) is 0 Å². The summed E-state index contributed by atoms with van der Waals surface area (Å²) in [7, 11) is 0. The van der Waals surface area contributed by atoms with Crippen LogP contribution in [-0.4, -0.2) is 41.4 Å². The zero-order valence-electron chi connectivity index (χ0n) is 11.7. The van der Waals surface area contributed by atoms with Crippen molar-refractivity contribution in [3.63, 3.8) is 0 Å². The first-order chi connectivity index (χ1) is 9.42. The van der Waals surface area contributed by atoms with Gasteiger partial charge >= 0.3 is 5.97 Å². The van der Waals surface area contributed by atoms with E-state index in [0.717, 1.165) is 0 Å². The van der Waals surface area contributed by atoms with E-state index in [9.17, 15) is 19.5 Å². The Morgan fingerprint density at radius 3 is 2.24 bits per heavy atom. The molecule has 3 rings (SSSR count). The van der Waals surface area contributed by atoms with Crippen molar-refractivity contribution in [2.24, 2.45) is 23.7 Å². The molecule has 6 unspecified atom stereocenters. The number of fused-ring (bicyclic) bond motifs is 5. The molecule has 0 aromatic carbocycles. The molecule has 113 valence electrons. The molecule has 1 aliphatic heterocycles. The van der Waals surface area contributed by atoms with Crippen molar-refractivity contribution in [1.82, 2.24) is 0 Å². The molecule has 7 nitrogen and oxygen atoms in total. The fourth-order valence-electron chi connectivity index (χ4n) is 3.61. The molecule has 1 saturated heterocycles. The predicted octanol–water partition coefficient (Wildman–Crippen LogP) is -0.285. The molecule has 2 saturated carbocycles. The molecule has 3 aliphatic rings. The maximum atomic E-state index is 11.6. The van der Waals surface area contributed by atoms with Gasteiger partial charge in [-0.1, -0.05) is 0 Å². The van der Waals surface area contributed by atoms with E-state index in [1.54, 1.807) is 0 Å². The van der Waals surface area contributed by atoms with Crippen LogP contribution in [0.1, 0.15) is 20.3 Å². The maximum Gasteiger partial charge on any atom is 0.303 e. The van der Waals surface area contributed by atoms with E-state index in [0.29, 0.717) is 6.42 Å². The molecule has 1 radical (unpaired) electrons. The van der Waals surface area contributed by atoms with Gasteiger partial charge in [0.15, 0.2) is 0 Å². The summed E-state index contributed by atoms with van der Waals surface area (Å²) in [5.74, 6) is -2.85.